The van der Waals surface area contributed by atoms with Gasteiger partial charge >= 0.3 is 0 Å². The van der Waals surface area contributed by atoms with Crippen LogP contribution in [0.2, 0.25) is 0 Å². The Bertz CT molecular complexity index is 591. The molecule has 114 valence electrons. The van der Waals surface area contributed by atoms with Crippen molar-refractivity contribution in [2.75, 3.05) is 6.54 Å². The van der Waals surface area contributed by atoms with Crippen molar-refractivity contribution < 1.29 is 4.79 Å². The number of nitrogens with one attached hydrogen (secondary N) is 1. The highest BCUT2D eigenvalue weighted by Crippen LogP contribution is 2.11. The molecule has 0 aliphatic carbocycles. The number of carbonyl (C=O) groups is 1. The zero-order valence-electron chi connectivity index (χ0n) is 12.7. The average molecular weight is 288 g/mol. The van der Waals surface area contributed by atoms with Crippen molar-refractivity contribution >= 4 is 16.9 Å². The largest absolute Gasteiger partial charge is 0.355 e. The minimum absolute atomic E-state index is 0.0563. The monoisotopic (exact) mass is 288 g/mol. The van der Waals surface area contributed by atoms with Crippen LogP contribution in [-0.2, 0) is 11.3 Å². The highest BCUT2D eigenvalue weighted by molar-refractivity contribution is 5.81. The summed E-state index contributed by atoms with van der Waals surface area (Å²) in [6, 6.07) is 7.64. The summed E-state index contributed by atoms with van der Waals surface area (Å²) >= 11 is 0. The first kappa shape index (κ1) is 15.5. The second-order valence-corrected chi connectivity index (χ2v) is 5.81. The van der Waals surface area contributed by atoms with E-state index in [4.69, 9.17) is 5.73 Å². The zero-order chi connectivity index (χ0) is 15.2. The van der Waals surface area contributed by atoms with Gasteiger partial charge in [-0.15, -0.1) is 0 Å². The summed E-state index contributed by atoms with van der Waals surface area (Å²) in [6.07, 6.45) is 3.43. The Kier molecular flexibility index (Phi) is 5.33. The van der Waals surface area contributed by atoms with E-state index in [2.05, 4.69) is 34.8 Å². The fraction of sp³-hybridized carbons (Fsp3) is 0.500. The van der Waals surface area contributed by atoms with Crippen LogP contribution >= 0.6 is 0 Å². The zero-order valence-corrected chi connectivity index (χ0v) is 12.7. The number of rotatable bonds is 7. The molecule has 0 saturated carbocycles. The van der Waals surface area contributed by atoms with E-state index < -0.39 is 6.04 Å². The standard InChI is InChI=1S/C16H24N4O/c1-12(2)10-13(17)16(21)18-8-5-9-20-11-19-14-6-3-4-7-15(14)20/h3-4,6-7,11-13H,5,8-10,17H2,1-2H3,(H,18,21). The summed E-state index contributed by atoms with van der Waals surface area (Å²) in [5, 5.41) is 2.90. The molecule has 2 aromatic rings. The lowest BCUT2D eigenvalue weighted by atomic mass is 10.0. The van der Waals surface area contributed by atoms with Crippen LogP contribution in [0.5, 0.6) is 0 Å². The summed E-state index contributed by atoms with van der Waals surface area (Å²) in [4.78, 5) is 16.1. The van der Waals surface area contributed by atoms with Crippen LogP contribution in [0, 0.1) is 5.92 Å². The number of aromatic nitrogens is 2. The van der Waals surface area contributed by atoms with E-state index in [-0.39, 0.29) is 5.91 Å². The van der Waals surface area contributed by atoms with Gasteiger partial charge in [-0.2, -0.15) is 0 Å². The van der Waals surface area contributed by atoms with Gasteiger partial charge in [0.2, 0.25) is 5.91 Å². The number of para-hydroxylation sites is 2. The molecule has 0 bridgehead atoms. The third-order valence-corrected chi connectivity index (χ3v) is 3.46. The molecule has 3 N–H and O–H groups in total. The van der Waals surface area contributed by atoms with Crippen molar-refractivity contribution in [3.8, 4) is 0 Å². The van der Waals surface area contributed by atoms with Crippen molar-refractivity contribution in [2.45, 2.75) is 39.3 Å². The van der Waals surface area contributed by atoms with Crippen LogP contribution in [0.3, 0.4) is 0 Å². The van der Waals surface area contributed by atoms with E-state index >= 15 is 0 Å². The van der Waals surface area contributed by atoms with Crippen LogP contribution in [-0.4, -0.2) is 28.0 Å². The van der Waals surface area contributed by atoms with Crippen molar-refractivity contribution in [1.82, 2.24) is 14.9 Å². The lowest BCUT2D eigenvalue weighted by molar-refractivity contribution is -0.122. The maximum absolute atomic E-state index is 11.8. The number of fused-ring (bicyclic) bond motifs is 1. The Morgan fingerprint density at radius 3 is 2.90 bits per heavy atom. The molecule has 1 atom stereocenters. The van der Waals surface area contributed by atoms with Crippen molar-refractivity contribution in [2.24, 2.45) is 11.7 Å². The number of nitrogens with zero attached hydrogens (tertiary/aromatic N) is 2. The van der Waals surface area contributed by atoms with Crippen LogP contribution in [0.1, 0.15) is 26.7 Å². The van der Waals surface area contributed by atoms with Crippen LogP contribution in [0.15, 0.2) is 30.6 Å². The molecule has 1 unspecified atom stereocenters. The van der Waals surface area contributed by atoms with Crippen molar-refractivity contribution in [3.05, 3.63) is 30.6 Å². The maximum Gasteiger partial charge on any atom is 0.236 e. The van der Waals surface area contributed by atoms with Crippen molar-refractivity contribution in [3.63, 3.8) is 0 Å². The number of benzene rings is 1. The quantitative estimate of drug-likeness (QED) is 0.764. The van der Waals surface area contributed by atoms with Gasteiger partial charge in [0.05, 0.1) is 23.4 Å². The van der Waals surface area contributed by atoms with Gasteiger partial charge in [-0.1, -0.05) is 26.0 Å². The molecule has 0 aliphatic rings. The van der Waals surface area contributed by atoms with Crippen molar-refractivity contribution in [1.29, 1.82) is 0 Å². The molecule has 0 saturated heterocycles. The van der Waals surface area contributed by atoms with E-state index in [0.29, 0.717) is 12.5 Å². The Balaban J connectivity index is 1.76. The summed E-state index contributed by atoms with van der Waals surface area (Å²) in [6.45, 7) is 5.60. The maximum atomic E-state index is 11.8. The fourth-order valence-corrected chi connectivity index (χ4v) is 2.40. The molecule has 0 radical (unpaired) electrons. The van der Waals surface area contributed by atoms with Crippen LogP contribution in [0.25, 0.3) is 11.0 Å². The molecule has 1 heterocycles. The summed E-state index contributed by atoms with van der Waals surface area (Å²) in [5.74, 6) is 0.377. The highest BCUT2D eigenvalue weighted by atomic mass is 16.2. The minimum Gasteiger partial charge on any atom is -0.355 e. The van der Waals surface area contributed by atoms with E-state index in [9.17, 15) is 4.79 Å². The predicted octanol–water partition coefficient (Wildman–Crippen LogP) is 1.92. The Labute approximate surface area is 125 Å². The molecule has 0 fully saturated rings. The smallest absolute Gasteiger partial charge is 0.236 e. The number of carbonyl (C=O) groups excluding carboxylic acids is 1. The lowest BCUT2D eigenvalue weighted by Gasteiger charge is -2.14. The van der Waals surface area contributed by atoms with E-state index in [1.54, 1.807) is 0 Å². The first-order chi connectivity index (χ1) is 10.1. The van der Waals surface area contributed by atoms with Gasteiger partial charge in [0, 0.05) is 13.1 Å². The van der Waals surface area contributed by atoms with Gasteiger partial charge in [-0.3, -0.25) is 4.79 Å². The molecule has 0 spiro atoms. The van der Waals surface area contributed by atoms with Gasteiger partial charge in [0.15, 0.2) is 0 Å². The fourth-order valence-electron chi connectivity index (χ4n) is 2.40. The molecule has 1 amide bonds. The van der Waals surface area contributed by atoms with Gasteiger partial charge in [-0.05, 0) is 30.9 Å². The second kappa shape index (κ2) is 7.22. The Morgan fingerprint density at radius 2 is 2.14 bits per heavy atom. The van der Waals surface area contributed by atoms with Crippen LogP contribution < -0.4 is 11.1 Å². The van der Waals surface area contributed by atoms with Gasteiger partial charge in [-0.25, -0.2) is 4.98 Å². The first-order valence-corrected chi connectivity index (χ1v) is 7.51. The Morgan fingerprint density at radius 1 is 1.38 bits per heavy atom. The van der Waals surface area contributed by atoms with E-state index in [0.717, 1.165) is 30.4 Å². The lowest BCUT2D eigenvalue weighted by Crippen LogP contribution is -2.41. The number of hydrogen-bond donors (Lipinski definition) is 2. The third kappa shape index (κ3) is 4.29. The Hall–Kier alpha value is -1.88. The molecule has 0 aliphatic heterocycles. The summed E-state index contributed by atoms with van der Waals surface area (Å²) in [7, 11) is 0. The second-order valence-electron chi connectivity index (χ2n) is 5.81. The van der Waals surface area contributed by atoms with E-state index in [1.807, 2.05) is 24.5 Å². The molecule has 5 heteroatoms. The van der Waals surface area contributed by atoms with Gasteiger partial charge in [0.25, 0.3) is 0 Å². The number of hydrogen-bond acceptors (Lipinski definition) is 3. The molecule has 21 heavy (non-hydrogen) atoms. The number of amides is 1. The molecule has 5 nitrogen and oxygen atoms in total. The topological polar surface area (TPSA) is 72.9 Å². The highest BCUT2D eigenvalue weighted by Gasteiger charge is 2.13. The third-order valence-electron chi connectivity index (χ3n) is 3.46. The molecular weight excluding hydrogens is 264 g/mol. The summed E-state index contributed by atoms with van der Waals surface area (Å²) < 4.78 is 2.11. The average Bonchev–Trinajstić information content (AvgIpc) is 2.86. The number of nitrogens with two attached hydrogens (primary N) is 1. The first-order valence-electron chi connectivity index (χ1n) is 7.51. The molecule has 1 aromatic heterocycles. The predicted molar refractivity (Wildman–Crippen MR) is 84.8 cm³/mol. The number of aryl methyl sites for hydroxylation is 1. The SMILES string of the molecule is CC(C)CC(N)C(=O)NCCCn1cnc2ccccc21. The van der Waals surface area contributed by atoms with E-state index in [1.165, 1.54) is 0 Å². The van der Waals surface area contributed by atoms with Gasteiger partial charge < -0.3 is 15.6 Å². The number of imidazole rings is 1. The molecule has 1 aromatic carbocycles. The molecular formula is C16H24N4O. The minimum atomic E-state index is -0.404. The van der Waals surface area contributed by atoms with Gasteiger partial charge in [0.1, 0.15) is 0 Å². The summed E-state index contributed by atoms with van der Waals surface area (Å²) in [5.41, 5.74) is 7.97. The normalized spacial score (nSPS) is 12.8. The molecule has 2 rings (SSSR count). The van der Waals surface area contributed by atoms with Crippen LogP contribution in [0.4, 0.5) is 0 Å².